The lowest BCUT2D eigenvalue weighted by molar-refractivity contribution is 0.0733. The molecule has 3 aromatic carbocycles. The number of esters is 1. The minimum absolute atomic E-state index is 0.383. The summed E-state index contributed by atoms with van der Waals surface area (Å²) < 4.78 is 7.44. The number of halogens is 1. The van der Waals surface area contributed by atoms with Crippen molar-refractivity contribution in [2.45, 2.75) is 0 Å². The van der Waals surface area contributed by atoms with Gasteiger partial charge in [-0.2, -0.15) is 5.10 Å². The van der Waals surface area contributed by atoms with Gasteiger partial charge in [0.2, 0.25) is 5.13 Å². The first-order valence-corrected chi connectivity index (χ1v) is 10.3. The Morgan fingerprint density at radius 2 is 1.89 bits per heavy atom. The Labute approximate surface area is 179 Å². The summed E-state index contributed by atoms with van der Waals surface area (Å²) >= 11 is 3.66. The van der Waals surface area contributed by atoms with Gasteiger partial charge in [-0.05, 0) is 64.6 Å². The van der Waals surface area contributed by atoms with E-state index in [4.69, 9.17) is 4.74 Å². The zero-order valence-electron chi connectivity index (χ0n) is 14.5. The Hall–Kier alpha value is -2.78. The van der Waals surface area contributed by atoms with Crippen LogP contribution in [0.3, 0.4) is 0 Å². The fourth-order valence-electron chi connectivity index (χ4n) is 2.53. The second kappa shape index (κ2) is 8.49. The van der Waals surface area contributed by atoms with Crippen molar-refractivity contribution in [3.8, 4) is 5.75 Å². The van der Waals surface area contributed by atoms with Gasteiger partial charge in [0.15, 0.2) is 0 Å². The molecular weight excluding hydrogens is 485 g/mol. The number of nitrogens with one attached hydrogen (secondary N) is 1. The molecule has 0 saturated carbocycles. The Morgan fingerprint density at radius 3 is 2.75 bits per heavy atom. The van der Waals surface area contributed by atoms with Gasteiger partial charge >= 0.3 is 5.97 Å². The van der Waals surface area contributed by atoms with E-state index < -0.39 is 0 Å². The summed E-state index contributed by atoms with van der Waals surface area (Å²) in [6.07, 6.45) is 1.66. The summed E-state index contributed by atoms with van der Waals surface area (Å²) in [7, 11) is 0. The largest absolute Gasteiger partial charge is 0.423 e. The Bertz CT molecular complexity index is 1140. The Morgan fingerprint density at radius 1 is 1.07 bits per heavy atom. The highest BCUT2D eigenvalue weighted by atomic mass is 127. The molecule has 4 rings (SSSR count). The molecule has 1 N–H and O–H groups in total. The van der Waals surface area contributed by atoms with Gasteiger partial charge < -0.3 is 4.74 Å². The van der Waals surface area contributed by atoms with Gasteiger partial charge in [0.1, 0.15) is 5.75 Å². The molecule has 4 aromatic rings. The van der Waals surface area contributed by atoms with Crippen LogP contribution in [-0.4, -0.2) is 17.2 Å². The lowest BCUT2D eigenvalue weighted by Crippen LogP contribution is -2.10. The number of thiazole rings is 1. The molecule has 0 radical (unpaired) electrons. The molecule has 1 aromatic heterocycles. The molecule has 0 fully saturated rings. The number of carbonyl (C=O) groups is 1. The normalized spacial score (nSPS) is 11.0. The van der Waals surface area contributed by atoms with Crippen LogP contribution in [0.2, 0.25) is 0 Å². The molecule has 5 nitrogen and oxygen atoms in total. The van der Waals surface area contributed by atoms with E-state index in [2.05, 4.69) is 38.1 Å². The third-order valence-electron chi connectivity index (χ3n) is 3.83. The lowest BCUT2D eigenvalue weighted by Gasteiger charge is -2.06. The van der Waals surface area contributed by atoms with Crippen LogP contribution in [0.15, 0.2) is 77.9 Å². The van der Waals surface area contributed by atoms with E-state index in [1.54, 1.807) is 24.4 Å². The van der Waals surface area contributed by atoms with Crippen LogP contribution in [0, 0.1) is 3.57 Å². The van der Waals surface area contributed by atoms with Crippen molar-refractivity contribution in [2.24, 2.45) is 5.10 Å². The molecular formula is C21H14IN3O2S. The zero-order chi connectivity index (χ0) is 19.3. The van der Waals surface area contributed by atoms with Gasteiger partial charge in [-0.3, -0.25) is 5.43 Å². The Kier molecular flexibility index (Phi) is 5.63. The number of aromatic nitrogens is 1. The number of carbonyl (C=O) groups excluding carboxylic acids is 1. The molecule has 28 heavy (non-hydrogen) atoms. The van der Waals surface area contributed by atoms with Gasteiger partial charge in [-0.25, -0.2) is 9.78 Å². The molecule has 0 unspecified atom stereocenters. The monoisotopic (exact) mass is 499 g/mol. The fraction of sp³-hybridized carbons (Fsp3) is 0. The number of rotatable bonds is 5. The Balaban J connectivity index is 1.44. The minimum Gasteiger partial charge on any atom is -0.423 e. The van der Waals surface area contributed by atoms with Crippen molar-refractivity contribution in [3.05, 3.63) is 87.5 Å². The van der Waals surface area contributed by atoms with Crippen molar-refractivity contribution in [3.63, 3.8) is 0 Å². The van der Waals surface area contributed by atoms with E-state index >= 15 is 0 Å². The zero-order valence-corrected chi connectivity index (χ0v) is 17.5. The molecule has 0 aliphatic heterocycles. The number of para-hydroxylation sites is 1. The van der Waals surface area contributed by atoms with Crippen molar-refractivity contribution in [1.82, 2.24) is 4.98 Å². The highest BCUT2D eigenvalue weighted by Crippen LogP contribution is 2.25. The maximum Gasteiger partial charge on any atom is 0.344 e. The molecule has 0 aliphatic rings. The van der Waals surface area contributed by atoms with Crippen molar-refractivity contribution in [2.75, 3.05) is 5.43 Å². The van der Waals surface area contributed by atoms with Crippen LogP contribution in [0.25, 0.3) is 10.2 Å². The SMILES string of the molecule is O=C(Oc1cccc(/C=N/Nc2nc3ccccc3s2)c1)c1ccccc1I. The molecule has 0 bridgehead atoms. The quantitative estimate of drug-likeness (QED) is 0.128. The predicted molar refractivity (Wildman–Crippen MR) is 121 cm³/mol. The average molecular weight is 499 g/mol. The number of hydrogen-bond acceptors (Lipinski definition) is 6. The van der Waals surface area contributed by atoms with Crippen LogP contribution >= 0.6 is 33.9 Å². The minimum atomic E-state index is -0.383. The summed E-state index contributed by atoms with van der Waals surface area (Å²) in [5.74, 6) is 0.0836. The summed E-state index contributed by atoms with van der Waals surface area (Å²) in [5, 5.41) is 4.95. The van der Waals surface area contributed by atoms with E-state index in [-0.39, 0.29) is 5.97 Å². The second-order valence-electron chi connectivity index (χ2n) is 5.80. The van der Waals surface area contributed by atoms with Gasteiger partial charge in [0, 0.05) is 3.57 Å². The molecule has 138 valence electrons. The fourth-order valence-corrected chi connectivity index (χ4v) is 3.95. The summed E-state index contributed by atoms with van der Waals surface area (Å²) in [5.41, 5.74) is 5.23. The van der Waals surface area contributed by atoms with Crippen LogP contribution in [-0.2, 0) is 0 Å². The third-order valence-corrected chi connectivity index (χ3v) is 5.71. The molecule has 7 heteroatoms. The number of anilines is 1. The number of nitrogens with zero attached hydrogens (tertiary/aromatic N) is 2. The van der Waals surface area contributed by atoms with Gasteiger partial charge in [-0.15, -0.1) is 0 Å². The van der Waals surface area contributed by atoms with E-state index in [0.29, 0.717) is 11.3 Å². The summed E-state index contributed by atoms with van der Waals surface area (Å²) in [6.45, 7) is 0. The second-order valence-corrected chi connectivity index (χ2v) is 7.99. The third kappa shape index (κ3) is 4.37. The van der Waals surface area contributed by atoms with E-state index in [0.717, 1.165) is 24.5 Å². The van der Waals surface area contributed by atoms with Crippen LogP contribution < -0.4 is 10.2 Å². The van der Waals surface area contributed by atoms with Gasteiger partial charge in [0.05, 0.1) is 22.0 Å². The van der Waals surface area contributed by atoms with Gasteiger partial charge in [0.25, 0.3) is 0 Å². The summed E-state index contributed by atoms with van der Waals surface area (Å²) in [4.78, 5) is 16.8. The smallest absolute Gasteiger partial charge is 0.344 e. The first kappa shape index (κ1) is 18.6. The van der Waals surface area contributed by atoms with Crippen molar-refractivity contribution >= 4 is 61.5 Å². The van der Waals surface area contributed by atoms with E-state index in [9.17, 15) is 4.79 Å². The molecule has 0 atom stereocenters. The molecule has 1 heterocycles. The molecule has 0 saturated heterocycles. The van der Waals surface area contributed by atoms with Crippen LogP contribution in [0.1, 0.15) is 15.9 Å². The average Bonchev–Trinajstić information content (AvgIpc) is 3.11. The first-order chi connectivity index (χ1) is 13.7. The van der Waals surface area contributed by atoms with Crippen molar-refractivity contribution in [1.29, 1.82) is 0 Å². The molecule has 0 aliphatic carbocycles. The topological polar surface area (TPSA) is 63.6 Å². The van der Waals surface area contributed by atoms with Crippen LogP contribution in [0.5, 0.6) is 5.75 Å². The number of hydrazone groups is 1. The van der Waals surface area contributed by atoms with Crippen LogP contribution in [0.4, 0.5) is 5.13 Å². The maximum atomic E-state index is 12.4. The van der Waals surface area contributed by atoms with Crippen molar-refractivity contribution < 1.29 is 9.53 Å². The standard InChI is InChI=1S/C21H14IN3O2S/c22-17-9-2-1-8-16(17)20(26)27-15-7-5-6-14(12-15)13-23-25-21-24-18-10-3-4-11-19(18)28-21/h1-13H,(H,24,25)/b23-13+. The van der Waals surface area contributed by atoms with E-state index in [1.165, 1.54) is 11.3 Å². The molecule has 0 amide bonds. The highest BCUT2D eigenvalue weighted by Gasteiger charge is 2.11. The predicted octanol–water partition coefficient (Wildman–Crippen LogP) is 5.57. The summed E-state index contributed by atoms with van der Waals surface area (Å²) in [6, 6.07) is 22.4. The molecule has 0 spiro atoms. The number of hydrogen-bond donors (Lipinski definition) is 1. The number of fused-ring (bicyclic) bond motifs is 1. The number of ether oxygens (including phenoxy) is 1. The number of benzene rings is 3. The first-order valence-electron chi connectivity index (χ1n) is 8.40. The highest BCUT2D eigenvalue weighted by molar-refractivity contribution is 14.1. The van der Waals surface area contributed by atoms with E-state index in [1.807, 2.05) is 54.6 Å². The lowest BCUT2D eigenvalue weighted by atomic mass is 10.2. The maximum absolute atomic E-state index is 12.4. The van der Waals surface area contributed by atoms with Gasteiger partial charge in [-0.1, -0.05) is 47.7 Å².